The Morgan fingerprint density at radius 3 is 2.47 bits per heavy atom. The molecule has 3 aromatic rings. The Balaban J connectivity index is 2.13. The topological polar surface area (TPSA) is 105 Å². The molecule has 156 valence electrons. The number of hydrogen-bond acceptors (Lipinski definition) is 5. The van der Waals surface area contributed by atoms with Gasteiger partial charge in [-0.1, -0.05) is 35.3 Å². The van der Waals surface area contributed by atoms with E-state index in [-0.39, 0.29) is 17.5 Å². The van der Waals surface area contributed by atoms with Gasteiger partial charge >= 0.3 is 0 Å². The Kier molecular flexibility index (Phi) is 6.94. The molecule has 1 heterocycles. The van der Waals surface area contributed by atoms with Crippen LogP contribution < -0.4 is 15.4 Å². The van der Waals surface area contributed by atoms with Gasteiger partial charge in [-0.2, -0.15) is 0 Å². The Bertz CT molecular complexity index is 1180. The predicted octanol–water partition coefficient (Wildman–Crippen LogP) is 4.14. The minimum Gasteiger partial charge on any atom is -0.326 e. The van der Waals surface area contributed by atoms with Crippen LogP contribution in [0.5, 0.6) is 0 Å². The second-order valence-corrected chi connectivity index (χ2v) is 8.03. The lowest BCUT2D eigenvalue weighted by Gasteiger charge is -2.22. The molecule has 1 aromatic heterocycles. The third-order valence-corrected chi connectivity index (χ3v) is 5.75. The van der Waals surface area contributed by atoms with Crippen molar-refractivity contribution < 1.29 is 13.2 Å². The summed E-state index contributed by atoms with van der Waals surface area (Å²) in [6.45, 7) is 1.53. The van der Waals surface area contributed by atoms with Crippen molar-refractivity contribution in [3.05, 3.63) is 70.5 Å². The van der Waals surface area contributed by atoms with Gasteiger partial charge in [-0.05, 0) is 41.5 Å². The molecule has 0 bridgehead atoms. The molecular weight excluding hydrogens is 447 g/mol. The van der Waals surface area contributed by atoms with E-state index in [1.807, 2.05) is 6.07 Å². The van der Waals surface area contributed by atoms with Crippen molar-refractivity contribution >= 4 is 57.1 Å². The molecule has 0 aliphatic carbocycles. The average Bonchev–Trinajstić information content (AvgIpc) is 2.70. The lowest BCUT2D eigenvalue weighted by molar-refractivity contribution is -0.114. The van der Waals surface area contributed by atoms with Gasteiger partial charge in [0.05, 0.1) is 33.3 Å². The zero-order valence-corrected chi connectivity index (χ0v) is 18.2. The fourth-order valence-corrected chi connectivity index (χ4v) is 3.89. The molecule has 7 nitrogen and oxygen atoms in total. The van der Waals surface area contributed by atoms with Crippen molar-refractivity contribution in [2.45, 2.75) is 13.5 Å². The Hall–Kier alpha value is -2.65. The summed E-state index contributed by atoms with van der Waals surface area (Å²) in [5, 5.41) is 3.22. The fourth-order valence-electron chi connectivity index (χ4n) is 2.92. The van der Waals surface area contributed by atoms with Crippen molar-refractivity contribution in [2.24, 2.45) is 5.73 Å². The average molecular weight is 465 g/mol. The number of halogens is 2. The lowest BCUT2D eigenvalue weighted by atomic mass is 10.0. The van der Waals surface area contributed by atoms with Crippen LogP contribution in [0.15, 0.2) is 54.9 Å². The minimum atomic E-state index is -3.06. The number of nitrogens with zero attached hydrogens (tertiary/aromatic N) is 2. The first kappa shape index (κ1) is 22.0. The van der Waals surface area contributed by atoms with Gasteiger partial charge in [-0.15, -0.1) is 0 Å². The molecule has 0 saturated heterocycles. The van der Waals surface area contributed by atoms with E-state index in [1.165, 1.54) is 25.3 Å². The highest BCUT2D eigenvalue weighted by Crippen LogP contribution is 2.36. The van der Waals surface area contributed by atoms with Crippen LogP contribution in [0, 0.1) is 0 Å². The molecule has 0 fully saturated rings. The maximum absolute atomic E-state index is 12.2. The highest BCUT2D eigenvalue weighted by molar-refractivity contribution is 7.74. The zero-order valence-electron chi connectivity index (χ0n) is 15.8. The highest BCUT2D eigenvalue weighted by atomic mass is 35.5. The SMILES string of the molecule is CC(=O)Nc1cncc(-c2ccc(CN)c(N(c3ccc(Cl)c(Cl)c3)[SH](=O)=O)c2)c1. The van der Waals surface area contributed by atoms with Crippen molar-refractivity contribution in [3.63, 3.8) is 0 Å². The second-order valence-electron chi connectivity index (χ2n) is 6.34. The van der Waals surface area contributed by atoms with E-state index >= 15 is 0 Å². The van der Waals surface area contributed by atoms with Gasteiger partial charge < -0.3 is 11.1 Å². The van der Waals surface area contributed by atoms with Crippen LogP contribution in [0.3, 0.4) is 0 Å². The molecule has 0 atom stereocenters. The summed E-state index contributed by atoms with van der Waals surface area (Å²) in [6, 6.07) is 11.6. The van der Waals surface area contributed by atoms with E-state index in [0.717, 1.165) is 4.31 Å². The number of benzene rings is 2. The number of anilines is 3. The molecular formula is C20H18Cl2N4O3S. The van der Waals surface area contributed by atoms with E-state index < -0.39 is 10.9 Å². The van der Waals surface area contributed by atoms with Crippen LogP contribution in [0.25, 0.3) is 11.1 Å². The number of aromatic nitrogens is 1. The minimum absolute atomic E-state index is 0.126. The summed E-state index contributed by atoms with van der Waals surface area (Å²) in [5.74, 6) is -0.220. The van der Waals surface area contributed by atoms with Crippen LogP contribution in [0.1, 0.15) is 12.5 Å². The number of rotatable bonds is 6. The predicted molar refractivity (Wildman–Crippen MR) is 121 cm³/mol. The van der Waals surface area contributed by atoms with Crippen molar-refractivity contribution in [1.82, 2.24) is 4.98 Å². The molecule has 2 aromatic carbocycles. The molecule has 30 heavy (non-hydrogen) atoms. The fraction of sp³-hybridized carbons (Fsp3) is 0.100. The Morgan fingerprint density at radius 1 is 1.07 bits per heavy atom. The molecule has 0 saturated carbocycles. The van der Waals surface area contributed by atoms with Gasteiger partial charge in [0.2, 0.25) is 16.8 Å². The number of carbonyl (C=O) groups is 1. The quantitative estimate of drug-likeness (QED) is 0.475. The number of carbonyl (C=O) groups excluding carboxylic acids is 1. The molecule has 0 radical (unpaired) electrons. The maximum atomic E-state index is 12.2. The third-order valence-electron chi connectivity index (χ3n) is 4.24. The van der Waals surface area contributed by atoms with Crippen molar-refractivity contribution in [3.8, 4) is 11.1 Å². The maximum Gasteiger partial charge on any atom is 0.229 e. The summed E-state index contributed by atoms with van der Waals surface area (Å²) in [6.07, 6.45) is 3.14. The molecule has 0 unspecified atom stereocenters. The van der Waals surface area contributed by atoms with Crippen LogP contribution in [-0.2, 0) is 22.2 Å². The number of amides is 1. The molecule has 3 rings (SSSR count). The Morgan fingerprint density at radius 2 is 1.83 bits per heavy atom. The van der Waals surface area contributed by atoms with Crippen molar-refractivity contribution in [2.75, 3.05) is 9.62 Å². The van der Waals surface area contributed by atoms with Crippen LogP contribution >= 0.6 is 23.2 Å². The Labute approximate surface area is 185 Å². The number of pyridine rings is 1. The van der Waals surface area contributed by atoms with E-state index in [4.69, 9.17) is 28.9 Å². The summed E-state index contributed by atoms with van der Waals surface area (Å²) in [4.78, 5) is 15.5. The molecule has 0 aliphatic heterocycles. The number of nitrogens with two attached hydrogens (primary N) is 1. The number of nitrogens with one attached hydrogen (secondary N) is 1. The van der Waals surface area contributed by atoms with Crippen LogP contribution in [0.4, 0.5) is 17.1 Å². The molecule has 0 aliphatic rings. The third kappa shape index (κ3) is 4.91. The van der Waals surface area contributed by atoms with E-state index in [1.54, 1.807) is 30.5 Å². The van der Waals surface area contributed by atoms with Gasteiger partial charge in [-0.25, -0.2) is 12.7 Å². The van der Waals surface area contributed by atoms with Crippen LogP contribution in [-0.4, -0.2) is 19.3 Å². The lowest BCUT2D eigenvalue weighted by Crippen LogP contribution is -2.17. The first-order chi connectivity index (χ1) is 14.3. The van der Waals surface area contributed by atoms with Gasteiger partial charge in [0, 0.05) is 25.2 Å². The van der Waals surface area contributed by atoms with E-state index in [0.29, 0.717) is 38.8 Å². The first-order valence-corrected chi connectivity index (χ1v) is 10.6. The highest BCUT2D eigenvalue weighted by Gasteiger charge is 2.18. The smallest absolute Gasteiger partial charge is 0.229 e. The molecule has 10 heteroatoms. The largest absolute Gasteiger partial charge is 0.326 e. The number of thiol groups is 1. The van der Waals surface area contributed by atoms with E-state index in [2.05, 4.69) is 10.3 Å². The van der Waals surface area contributed by atoms with Crippen molar-refractivity contribution in [1.29, 1.82) is 0 Å². The standard InChI is InChI=1S/C20H18Cl2N4O3S/c1-12(27)25-16-6-15(10-24-11-16)13-2-3-14(9-23)20(7-13)26(30(28)29)17-4-5-18(21)19(22)8-17/h2-8,10-11,30H,9,23H2,1H3,(H,25,27). The first-order valence-electron chi connectivity index (χ1n) is 8.75. The van der Waals surface area contributed by atoms with Gasteiger partial charge in [0.15, 0.2) is 0 Å². The molecule has 1 amide bonds. The summed E-state index contributed by atoms with van der Waals surface area (Å²) in [7, 11) is -3.06. The molecule has 0 spiro atoms. The number of hydrogen-bond donors (Lipinski definition) is 3. The molecule has 3 N–H and O–H groups in total. The second kappa shape index (κ2) is 9.44. The zero-order chi connectivity index (χ0) is 21.8. The summed E-state index contributed by atoms with van der Waals surface area (Å²) in [5.41, 5.74) is 9.11. The van der Waals surface area contributed by atoms with Gasteiger partial charge in [0.1, 0.15) is 0 Å². The van der Waals surface area contributed by atoms with Crippen LogP contribution in [0.2, 0.25) is 10.0 Å². The van der Waals surface area contributed by atoms with Gasteiger partial charge in [-0.3, -0.25) is 9.78 Å². The van der Waals surface area contributed by atoms with Gasteiger partial charge in [0.25, 0.3) is 0 Å². The summed E-state index contributed by atoms with van der Waals surface area (Å²) >= 11 is 12.1. The summed E-state index contributed by atoms with van der Waals surface area (Å²) < 4.78 is 25.5. The van der Waals surface area contributed by atoms with E-state index in [9.17, 15) is 13.2 Å². The normalized spacial score (nSPS) is 10.8. The monoisotopic (exact) mass is 464 g/mol.